The SMILES string of the molecule is CCCCCCCOCCOCCCC(=O)OCC. The molecule has 4 heteroatoms. The molecular formula is C15H30O4. The fraction of sp³-hybridized carbons (Fsp3) is 0.933. The number of rotatable bonds is 14. The topological polar surface area (TPSA) is 44.8 Å². The highest BCUT2D eigenvalue weighted by atomic mass is 16.5. The van der Waals surface area contributed by atoms with Gasteiger partial charge in [0.1, 0.15) is 0 Å². The Morgan fingerprint density at radius 3 is 2.05 bits per heavy atom. The predicted molar refractivity (Wildman–Crippen MR) is 76.3 cm³/mol. The molecule has 0 aliphatic rings. The van der Waals surface area contributed by atoms with Crippen LogP contribution in [0.1, 0.15) is 58.8 Å². The number of unbranched alkanes of at least 4 members (excludes halogenated alkanes) is 4. The molecular weight excluding hydrogens is 244 g/mol. The summed E-state index contributed by atoms with van der Waals surface area (Å²) in [5.74, 6) is -0.144. The molecule has 0 bridgehead atoms. The number of carbonyl (C=O) groups is 1. The fourth-order valence-electron chi connectivity index (χ4n) is 1.68. The van der Waals surface area contributed by atoms with Crippen LogP contribution in [0.15, 0.2) is 0 Å². The average molecular weight is 274 g/mol. The first-order valence-corrected chi connectivity index (χ1v) is 7.62. The first-order valence-electron chi connectivity index (χ1n) is 7.62. The van der Waals surface area contributed by atoms with Crippen molar-refractivity contribution in [3.63, 3.8) is 0 Å². The van der Waals surface area contributed by atoms with Crippen molar-refractivity contribution in [1.82, 2.24) is 0 Å². The van der Waals surface area contributed by atoms with Gasteiger partial charge >= 0.3 is 5.97 Å². The van der Waals surface area contributed by atoms with Crippen LogP contribution in [0, 0.1) is 0 Å². The van der Waals surface area contributed by atoms with Gasteiger partial charge in [-0.05, 0) is 19.8 Å². The normalized spacial score (nSPS) is 10.6. The highest BCUT2D eigenvalue weighted by molar-refractivity contribution is 5.69. The van der Waals surface area contributed by atoms with Crippen LogP contribution >= 0.6 is 0 Å². The molecule has 0 N–H and O–H groups in total. The second-order valence-electron chi connectivity index (χ2n) is 4.55. The lowest BCUT2D eigenvalue weighted by molar-refractivity contribution is -0.143. The van der Waals surface area contributed by atoms with Gasteiger partial charge in [0, 0.05) is 19.6 Å². The zero-order valence-corrected chi connectivity index (χ0v) is 12.6. The second-order valence-corrected chi connectivity index (χ2v) is 4.55. The summed E-state index contributed by atoms with van der Waals surface area (Å²) in [6.45, 7) is 7.16. The van der Waals surface area contributed by atoms with E-state index >= 15 is 0 Å². The minimum absolute atomic E-state index is 0.144. The summed E-state index contributed by atoms with van der Waals surface area (Å²) < 4.78 is 15.7. The number of carbonyl (C=O) groups excluding carboxylic acids is 1. The molecule has 4 nitrogen and oxygen atoms in total. The third-order valence-electron chi connectivity index (χ3n) is 2.74. The molecule has 0 saturated carbocycles. The maximum Gasteiger partial charge on any atom is 0.305 e. The summed E-state index contributed by atoms with van der Waals surface area (Å²) in [7, 11) is 0. The molecule has 0 amide bonds. The predicted octanol–water partition coefficient (Wildman–Crippen LogP) is 3.33. The van der Waals surface area contributed by atoms with Gasteiger partial charge in [0.05, 0.1) is 19.8 Å². The van der Waals surface area contributed by atoms with E-state index in [-0.39, 0.29) is 5.97 Å². The molecule has 0 spiro atoms. The molecule has 0 aromatic rings. The Labute approximate surface area is 117 Å². The van der Waals surface area contributed by atoms with Crippen LogP contribution in [0.4, 0.5) is 0 Å². The van der Waals surface area contributed by atoms with Crippen molar-refractivity contribution in [1.29, 1.82) is 0 Å². The van der Waals surface area contributed by atoms with Crippen molar-refractivity contribution in [3.8, 4) is 0 Å². The third kappa shape index (κ3) is 15.3. The Kier molecular flexibility index (Phi) is 15.0. The smallest absolute Gasteiger partial charge is 0.305 e. The Morgan fingerprint density at radius 1 is 0.789 bits per heavy atom. The lowest BCUT2D eigenvalue weighted by Gasteiger charge is -2.06. The van der Waals surface area contributed by atoms with Crippen molar-refractivity contribution in [2.24, 2.45) is 0 Å². The number of ether oxygens (including phenoxy) is 3. The van der Waals surface area contributed by atoms with Gasteiger partial charge in [0.2, 0.25) is 0 Å². The van der Waals surface area contributed by atoms with Gasteiger partial charge in [-0.3, -0.25) is 4.79 Å². The second kappa shape index (κ2) is 15.4. The summed E-state index contributed by atoms with van der Waals surface area (Å²) in [6.07, 6.45) is 7.47. The lowest BCUT2D eigenvalue weighted by atomic mass is 10.2. The van der Waals surface area contributed by atoms with Crippen LogP contribution in [-0.2, 0) is 19.0 Å². The fourth-order valence-corrected chi connectivity index (χ4v) is 1.68. The summed E-state index contributed by atoms with van der Waals surface area (Å²) in [5.41, 5.74) is 0. The van der Waals surface area contributed by atoms with Crippen molar-refractivity contribution >= 4 is 5.97 Å². The number of esters is 1. The van der Waals surface area contributed by atoms with Gasteiger partial charge < -0.3 is 14.2 Å². The summed E-state index contributed by atoms with van der Waals surface area (Å²) >= 11 is 0. The van der Waals surface area contributed by atoms with E-state index < -0.39 is 0 Å². The average Bonchev–Trinajstić information content (AvgIpc) is 2.40. The molecule has 0 aliphatic carbocycles. The molecule has 0 aromatic heterocycles. The Bertz CT molecular complexity index is 195. The number of hydrogen-bond donors (Lipinski definition) is 0. The quantitative estimate of drug-likeness (QED) is 0.360. The highest BCUT2D eigenvalue weighted by Crippen LogP contribution is 2.02. The van der Waals surface area contributed by atoms with Crippen molar-refractivity contribution in [2.45, 2.75) is 58.8 Å². The summed E-state index contributed by atoms with van der Waals surface area (Å²) in [4.78, 5) is 11.0. The monoisotopic (exact) mass is 274 g/mol. The van der Waals surface area contributed by atoms with Gasteiger partial charge in [-0.15, -0.1) is 0 Å². The van der Waals surface area contributed by atoms with Crippen molar-refractivity contribution in [3.05, 3.63) is 0 Å². The molecule has 0 fully saturated rings. The molecule has 0 rings (SSSR count). The Balaban J connectivity index is 3.01. The Morgan fingerprint density at radius 2 is 1.42 bits per heavy atom. The van der Waals surface area contributed by atoms with Gasteiger partial charge in [-0.1, -0.05) is 32.6 Å². The molecule has 0 atom stereocenters. The summed E-state index contributed by atoms with van der Waals surface area (Å²) in [5, 5.41) is 0. The van der Waals surface area contributed by atoms with Crippen LogP contribution in [0.3, 0.4) is 0 Å². The van der Waals surface area contributed by atoms with Crippen LogP contribution < -0.4 is 0 Å². The molecule has 0 heterocycles. The van der Waals surface area contributed by atoms with Gasteiger partial charge in [0.25, 0.3) is 0 Å². The van der Waals surface area contributed by atoms with Gasteiger partial charge in [-0.2, -0.15) is 0 Å². The molecule has 114 valence electrons. The van der Waals surface area contributed by atoms with E-state index in [1.165, 1.54) is 25.7 Å². The van der Waals surface area contributed by atoms with Gasteiger partial charge in [-0.25, -0.2) is 0 Å². The maximum absolute atomic E-state index is 11.0. The maximum atomic E-state index is 11.0. The van der Waals surface area contributed by atoms with E-state index in [1.807, 2.05) is 6.92 Å². The lowest BCUT2D eigenvalue weighted by Crippen LogP contribution is -2.08. The van der Waals surface area contributed by atoms with Crippen LogP contribution in [0.2, 0.25) is 0 Å². The minimum Gasteiger partial charge on any atom is -0.466 e. The van der Waals surface area contributed by atoms with E-state index in [4.69, 9.17) is 14.2 Å². The first-order chi connectivity index (χ1) is 9.31. The Hall–Kier alpha value is -0.610. The van der Waals surface area contributed by atoms with Gasteiger partial charge in [0.15, 0.2) is 0 Å². The van der Waals surface area contributed by atoms with E-state index in [0.717, 1.165) is 19.4 Å². The zero-order valence-electron chi connectivity index (χ0n) is 12.6. The third-order valence-corrected chi connectivity index (χ3v) is 2.74. The zero-order chi connectivity index (χ0) is 14.2. The first kappa shape index (κ1) is 18.4. The van der Waals surface area contributed by atoms with E-state index in [2.05, 4.69) is 6.92 Å². The van der Waals surface area contributed by atoms with Crippen molar-refractivity contribution in [2.75, 3.05) is 33.0 Å². The molecule has 19 heavy (non-hydrogen) atoms. The summed E-state index contributed by atoms with van der Waals surface area (Å²) in [6, 6.07) is 0. The highest BCUT2D eigenvalue weighted by Gasteiger charge is 2.00. The van der Waals surface area contributed by atoms with Crippen LogP contribution in [0.5, 0.6) is 0 Å². The van der Waals surface area contributed by atoms with E-state index in [1.54, 1.807) is 0 Å². The van der Waals surface area contributed by atoms with Crippen LogP contribution in [0.25, 0.3) is 0 Å². The van der Waals surface area contributed by atoms with E-state index in [0.29, 0.717) is 32.8 Å². The minimum atomic E-state index is -0.144. The van der Waals surface area contributed by atoms with Crippen LogP contribution in [-0.4, -0.2) is 39.0 Å². The standard InChI is InChI=1S/C15H30O4/c1-3-5-6-7-8-11-17-13-14-18-12-9-10-15(16)19-4-2/h3-14H2,1-2H3. The van der Waals surface area contributed by atoms with E-state index in [9.17, 15) is 4.79 Å². The molecule has 0 radical (unpaired) electrons. The van der Waals surface area contributed by atoms with Crippen molar-refractivity contribution < 1.29 is 19.0 Å². The molecule has 0 aliphatic heterocycles. The number of hydrogen-bond acceptors (Lipinski definition) is 4. The molecule has 0 aromatic carbocycles. The molecule has 0 unspecified atom stereocenters. The largest absolute Gasteiger partial charge is 0.466 e. The molecule has 0 saturated heterocycles.